The molecule has 0 bridgehead atoms. The van der Waals surface area contributed by atoms with Crippen LogP contribution in [0.25, 0.3) is 0 Å². The van der Waals surface area contributed by atoms with E-state index in [4.69, 9.17) is 9.47 Å². The Balaban J connectivity index is 1.89. The summed E-state index contributed by atoms with van der Waals surface area (Å²) in [6.45, 7) is 1.72. The molecule has 1 aromatic heterocycles. The molecule has 2 atom stereocenters. The second-order valence-corrected chi connectivity index (χ2v) is 5.60. The Labute approximate surface area is 107 Å². The van der Waals surface area contributed by atoms with E-state index in [2.05, 4.69) is 21.2 Å². The molecule has 2 unspecified atom stereocenters. The van der Waals surface area contributed by atoms with Crippen molar-refractivity contribution in [2.24, 2.45) is 0 Å². The topological polar surface area (TPSA) is 50.7 Å². The smallest absolute Gasteiger partial charge is 0.188 e. The molecule has 0 aliphatic carbocycles. The number of ether oxygens (including phenoxy) is 2. The van der Waals surface area contributed by atoms with Gasteiger partial charge in [0.2, 0.25) is 0 Å². The Morgan fingerprint density at radius 3 is 3.06 bits per heavy atom. The number of thiophene rings is 1. The Morgan fingerprint density at radius 1 is 1.69 bits per heavy atom. The highest BCUT2D eigenvalue weighted by atomic mass is 79.9. The van der Waals surface area contributed by atoms with E-state index in [1.54, 1.807) is 18.4 Å². The van der Waals surface area contributed by atoms with Gasteiger partial charge in [-0.2, -0.15) is 0 Å². The normalized spacial score (nSPS) is 24.9. The molecule has 0 radical (unpaired) electrons. The van der Waals surface area contributed by atoms with Crippen molar-refractivity contribution in [3.8, 4) is 5.06 Å². The highest BCUT2D eigenvalue weighted by Gasteiger charge is 2.25. The highest BCUT2D eigenvalue weighted by Crippen LogP contribution is 2.34. The summed E-state index contributed by atoms with van der Waals surface area (Å²) in [5.74, 6) is 0. The third-order valence-corrected chi connectivity index (χ3v) is 4.43. The Hall–Kier alpha value is -0.140. The zero-order chi connectivity index (χ0) is 11.5. The third-order valence-electron chi connectivity index (χ3n) is 2.48. The van der Waals surface area contributed by atoms with Gasteiger partial charge in [0, 0.05) is 11.4 Å². The van der Waals surface area contributed by atoms with Gasteiger partial charge in [-0.1, -0.05) is 0 Å². The van der Waals surface area contributed by atoms with Crippen molar-refractivity contribution in [2.45, 2.75) is 18.7 Å². The lowest BCUT2D eigenvalue weighted by molar-refractivity contribution is 0.122. The van der Waals surface area contributed by atoms with Crippen LogP contribution in [0.2, 0.25) is 0 Å². The molecule has 1 fully saturated rings. The van der Waals surface area contributed by atoms with E-state index in [9.17, 15) is 5.11 Å². The van der Waals surface area contributed by atoms with Gasteiger partial charge < -0.3 is 19.9 Å². The predicted molar refractivity (Wildman–Crippen MR) is 66.0 cm³/mol. The maximum absolute atomic E-state index is 9.55. The van der Waals surface area contributed by atoms with Crippen LogP contribution in [0.1, 0.15) is 4.88 Å². The number of aliphatic hydroxyl groups excluding tert-OH is 1. The lowest BCUT2D eigenvalue weighted by Crippen LogP contribution is -2.38. The molecule has 0 amide bonds. The second-order valence-electron chi connectivity index (χ2n) is 3.64. The molecule has 90 valence electrons. The monoisotopic (exact) mass is 307 g/mol. The van der Waals surface area contributed by atoms with Gasteiger partial charge in [-0.3, -0.25) is 0 Å². The minimum atomic E-state index is -0.398. The summed E-state index contributed by atoms with van der Waals surface area (Å²) in [5, 5.41) is 13.7. The van der Waals surface area contributed by atoms with Gasteiger partial charge in [0.15, 0.2) is 5.06 Å². The lowest BCUT2D eigenvalue weighted by atomic mass is 10.2. The Bertz CT molecular complexity index is 358. The first-order valence-electron chi connectivity index (χ1n) is 5.02. The van der Waals surface area contributed by atoms with Crippen LogP contribution in [0.5, 0.6) is 5.06 Å². The Morgan fingerprint density at radius 2 is 2.50 bits per heavy atom. The molecular formula is C10H14BrNO3S. The molecule has 1 saturated heterocycles. The molecule has 0 aromatic carbocycles. The maximum atomic E-state index is 9.55. The molecule has 2 heterocycles. The van der Waals surface area contributed by atoms with Gasteiger partial charge in [0.05, 0.1) is 36.9 Å². The molecule has 1 aromatic rings. The summed E-state index contributed by atoms with van der Waals surface area (Å²) in [6.07, 6.45) is -0.398. The summed E-state index contributed by atoms with van der Waals surface area (Å²) in [4.78, 5) is 1.17. The molecule has 2 rings (SSSR count). The zero-order valence-electron chi connectivity index (χ0n) is 8.90. The first-order chi connectivity index (χ1) is 7.70. The van der Waals surface area contributed by atoms with Gasteiger partial charge in [0.25, 0.3) is 0 Å². The summed E-state index contributed by atoms with van der Waals surface area (Å²) >= 11 is 5.02. The number of hydrogen-bond acceptors (Lipinski definition) is 5. The summed E-state index contributed by atoms with van der Waals surface area (Å²) in [5.41, 5.74) is 0. The molecule has 4 nitrogen and oxygen atoms in total. The van der Waals surface area contributed by atoms with E-state index >= 15 is 0 Å². The number of halogens is 1. The number of methoxy groups -OCH3 is 1. The third kappa shape index (κ3) is 2.75. The van der Waals surface area contributed by atoms with Crippen LogP contribution in [0.3, 0.4) is 0 Å². The molecule has 1 aliphatic rings. The lowest BCUT2D eigenvalue weighted by Gasteiger charge is -2.13. The average molecular weight is 308 g/mol. The van der Waals surface area contributed by atoms with E-state index in [1.165, 1.54) is 4.88 Å². The largest absolute Gasteiger partial charge is 0.486 e. The quantitative estimate of drug-likeness (QED) is 0.882. The fraction of sp³-hybridized carbons (Fsp3) is 0.600. The van der Waals surface area contributed by atoms with Gasteiger partial charge >= 0.3 is 0 Å². The van der Waals surface area contributed by atoms with E-state index in [0.717, 1.165) is 16.1 Å². The first kappa shape index (κ1) is 12.3. The minimum absolute atomic E-state index is 0.0341. The van der Waals surface area contributed by atoms with Gasteiger partial charge in [-0.15, -0.1) is 11.3 Å². The van der Waals surface area contributed by atoms with E-state index in [-0.39, 0.29) is 6.04 Å². The van der Waals surface area contributed by atoms with Crippen LogP contribution in [-0.4, -0.2) is 37.6 Å². The highest BCUT2D eigenvalue weighted by molar-refractivity contribution is 9.10. The van der Waals surface area contributed by atoms with E-state index in [1.807, 2.05) is 6.07 Å². The van der Waals surface area contributed by atoms with Gasteiger partial charge in [0.1, 0.15) is 0 Å². The van der Waals surface area contributed by atoms with E-state index < -0.39 is 6.10 Å². The first-order valence-corrected chi connectivity index (χ1v) is 6.63. The summed E-state index contributed by atoms with van der Waals surface area (Å²) in [6, 6.07) is 2.06. The van der Waals surface area contributed by atoms with E-state index in [0.29, 0.717) is 13.2 Å². The number of hydrogen-bond donors (Lipinski definition) is 2. The summed E-state index contributed by atoms with van der Waals surface area (Å²) < 4.78 is 11.3. The van der Waals surface area contributed by atoms with Crippen molar-refractivity contribution in [1.29, 1.82) is 0 Å². The average Bonchev–Trinajstić information content (AvgIpc) is 2.82. The molecule has 1 aliphatic heterocycles. The van der Waals surface area contributed by atoms with Crippen molar-refractivity contribution >= 4 is 27.3 Å². The van der Waals surface area contributed by atoms with Crippen LogP contribution >= 0.6 is 27.3 Å². The van der Waals surface area contributed by atoms with Gasteiger partial charge in [-0.25, -0.2) is 0 Å². The number of nitrogens with one attached hydrogen (secondary N) is 1. The summed E-state index contributed by atoms with van der Waals surface area (Å²) in [7, 11) is 1.66. The van der Waals surface area contributed by atoms with Crippen molar-refractivity contribution in [1.82, 2.24) is 5.32 Å². The van der Waals surface area contributed by atoms with Crippen molar-refractivity contribution in [2.75, 3.05) is 20.3 Å². The molecule has 6 heteroatoms. The number of aliphatic hydroxyl groups is 1. The Kier molecular flexibility index (Phi) is 4.21. The zero-order valence-corrected chi connectivity index (χ0v) is 11.3. The molecule has 2 N–H and O–H groups in total. The van der Waals surface area contributed by atoms with Crippen LogP contribution in [0.15, 0.2) is 10.5 Å². The predicted octanol–water partition coefficient (Wildman–Crippen LogP) is 1.37. The van der Waals surface area contributed by atoms with Crippen LogP contribution in [-0.2, 0) is 11.3 Å². The number of rotatable bonds is 4. The van der Waals surface area contributed by atoms with Crippen LogP contribution < -0.4 is 10.1 Å². The van der Waals surface area contributed by atoms with Crippen LogP contribution in [0.4, 0.5) is 0 Å². The van der Waals surface area contributed by atoms with Crippen LogP contribution in [0, 0.1) is 0 Å². The maximum Gasteiger partial charge on any atom is 0.188 e. The fourth-order valence-corrected chi connectivity index (χ4v) is 3.24. The molecule has 0 saturated carbocycles. The second kappa shape index (κ2) is 5.46. The van der Waals surface area contributed by atoms with Gasteiger partial charge in [-0.05, 0) is 22.0 Å². The van der Waals surface area contributed by atoms with Crippen molar-refractivity contribution in [3.05, 3.63) is 15.4 Å². The molecular weight excluding hydrogens is 294 g/mol. The molecule has 16 heavy (non-hydrogen) atoms. The molecule has 0 spiro atoms. The van der Waals surface area contributed by atoms with Crippen molar-refractivity contribution < 1.29 is 14.6 Å². The minimum Gasteiger partial charge on any atom is -0.486 e. The van der Waals surface area contributed by atoms with Crippen molar-refractivity contribution in [3.63, 3.8) is 0 Å². The fourth-order valence-electron chi connectivity index (χ4n) is 1.59. The SMILES string of the molecule is COc1sc(CNC2COCC2O)cc1Br. The standard InChI is InChI=1S/C10H14BrNO3S/c1-14-10-7(11)2-6(16-10)3-12-8-4-15-5-9(8)13/h2,8-9,12-13H,3-5H2,1H3.